The van der Waals surface area contributed by atoms with Crippen LogP contribution < -0.4 is 5.32 Å². The van der Waals surface area contributed by atoms with Gasteiger partial charge in [0.15, 0.2) is 0 Å². The van der Waals surface area contributed by atoms with E-state index in [1.54, 1.807) is 0 Å². The Morgan fingerprint density at radius 2 is 2.06 bits per heavy atom. The third kappa shape index (κ3) is 2.29. The maximum atomic E-state index is 12.8. The van der Waals surface area contributed by atoms with Crippen molar-refractivity contribution in [2.24, 2.45) is 0 Å². The van der Waals surface area contributed by atoms with Gasteiger partial charge in [-0.15, -0.1) is 0 Å². The number of halogens is 2. The second-order valence-electron chi connectivity index (χ2n) is 3.68. The highest BCUT2D eigenvalue weighted by Crippen LogP contribution is 2.30. The average Bonchev–Trinajstić information content (AvgIpc) is 2.52. The van der Waals surface area contributed by atoms with Crippen LogP contribution in [0, 0.1) is 0 Å². The second-order valence-corrected chi connectivity index (χ2v) is 3.68. The summed E-state index contributed by atoms with van der Waals surface area (Å²) >= 11 is 0. The van der Waals surface area contributed by atoms with Crippen LogP contribution in [0.2, 0.25) is 0 Å². The van der Waals surface area contributed by atoms with E-state index in [9.17, 15) is 13.6 Å². The first kappa shape index (κ1) is 10.9. The number of anilines is 1. The predicted octanol–water partition coefficient (Wildman–Crippen LogP) is 2.05. The fraction of sp³-hybridized carbons (Fsp3) is 0.364. The summed E-state index contributed by atoms with van der Waals surface area (Å²) < 4.78 is 30.2. The van der Waals surface area contributed by atoms with Crippen LogP contribution in [0.4, 0.5) is 14.5 Å². The van der Waals surface area contributed by atoms with Crippen LogP contribution >= 0.6 is 0 Å². The molecule has 0 radical (unpaired) electrons. The molecule has 5 heteroatoms. The lowest BCUT2D eigenvalue weighted by atomic mass is 10.2. The van der Waals surface area contributed by atoms with Gasteiger partial charge < -0.3 is 10.1 Å². The number of hydrogen-bond acceptors (Lipinski definition) is 3. The van der Waals surface area contributed by atoms with Crippen LogP contribution in [0.1, 0.15) is 6.42 Å². The van der Waals surface area contributed by atoms with Crippen molar-refractivity contribution in [2.75, 3.05) is 11.9 Å². The van der Waals surface area contributed by atoms with E-state index in [2.05, 4.69) is 10.1 Å². The predicted molar refractivity (Wildman–Crippen MR) is 54.4 cm³/mol. The molecule has 1 aromatic rings. The Morgan fingerprint density at radius 3 is 2.62 bits per heavy atom. The topological polar surface area (TPSA) is 38.3 Å². The molecule has 1 saturated heterocycles. The third-order valence-corrected chi connectivity index (χ3v) is 2.36. The summed E-state index contributed by atoms with van der Waals surface area (Å²) in [6.07, 6.45) is -1.31. The summed E-state index contributed by atoms with van der Waals surface area (Å²) in [5, 5.41) is 2.93. The molecule has 1 fully saturated rings. The number of rotatable bonds is 3. The molecule has 1 unspecified atom stereocenters. The summed E-state index contributed by atoms with van der Waals surface area (Å²) in [4.78, 5) is 10.7. The van der Waals surface area contributed by atoms with Crippen molar-refractivity contribution in [2.45, 2.75) is 18.4 Å². The van der Waals surface area contributed by atoms with Crippen molar-refractivity contribution in [1.29, 1.82) is 0 Å². The molecule has 1 N–H and O–H groups in total. The normalized spacial score (nSPS) is 22.9. The summed E-state index contributed by atoms with van der Waals surface area (Å²) in [5.41, 5.74) is 0.814. The van der Waals surface area contributed by atoms with Gasteiger partial charge in [0.25, 0.3) is 0 Å². The van der Waals surface area contributed by atoms with E-state index in [4.69, 9.17) is 0 Å². The fourth-order valence-corrected chi connectivity index (χ4v) is 1.55. The number of carbonyl (C=O) groups is 1. The molecule has 16 heavy (non-hydrogen) atoms. The van der Waals surface area contributed by atoms with Gasteiger partial charge >= 0.3 is 11.9 Å². The van der Waals surface area contributed by atoms with Crippen LogP contribution in [-0.2, 0) is 9.53 Å². The number of cyclic esters (lactones) is 1. The van der Waals surface area contributed by atoms with Gasteiger partial charge in [0, 0.05) is 5.69 Å². The van der Waals surface area contributed by atoms with E-state index < -0.39 is 24.4 Å². The van der Waals surface area contributed by atoms with E-state index in [0.717, 1.165) is 5.69 Å². The summed E-state index contributed by atoms with van der Waals surface area (Å²) in [7, 11) is 0. The van der Waals surface area contributed by atoms with Gasteiger partial charge in [-0.05, 0) is 12.1 Å². The van der Waals surface area contributed by atoms with E-state index in [0.29, 0.717) is 0 Å². The fourth-order valence-electron chi connectivity index (χ4n) is 1.55. The molecule has 1 heterocycles. The Balaban J connectivity index is 1.87. The molecular weight excluding hydrogens is 216 g/mol. The molecule has 0 bridgehead atoms. The Bertz CT molecular complexity index is 381. The maximum absolute atomic E-state index is 12.8. The molecule has 0 aromatic heterocycles. The highest BCUT2D eigenvalue weighted by molar-refractivity contribution is 5.79. The highest BCUT2D eigenvalue weighted by Gasteiger charge is 2.50. The Labute approximate surface area is 91.4 Å². The molecule has 3 nitrogen and oxygen atoms in total. The Morgan fingerprint density at radius 1 is 1.38 bits per heavy atom. The largest absolute Gasteiger partial charge is 0.456 e. The zero-order valence-corrected chi connectivity index (χ0v) is 8.45. The van der Waals surface area contributed by atoms with Crippen LogP contribution in [-0.4, -0.2) is 24.5 Å². The minimum absolute atomic E-state index is 0.200. The van der Waals surface area contributed by atoms with Gasteiger partial charge in [-0.1, -0.05) is 18.2 Å². The SMILES string of the molecule is O=C1OC(CNc2ccccc2)CC1(F)F. The molecule has 86 valence electrons. The average molecular weight is 227 g/mol. The maximum Gasteiger partial charge on any atom is 0.377 e. The molecule has 0 spiro atoms. The molecule has 1 aliphatic rings. The number of benzene rings is 1. The van der Waals surface area contributed by atoms with Gasteiger partial charge in [0.2, 0.25) is 0 Å². The first-order valence-electron chi connectivity index (χ1n) is 4.96. The first-order chi connectivity index (χ1) is 7.58. The lowest BCUT2D eigenvalue weighted by molar-refractivity contribution is -0.158. The van der Waals surface area contributed by atoms with Gasteiger partial charge in [-0.3, -0.25) is 0 Å². The van der Waals surface area contributed by atoms with Crippen molar-refractivity contribution in [1.82, 2.24) is 0 Å². The quantitative estimate of drug-likeness (QED) is 0.803. The number of alkyl halides is 2. The number of esters is 1. The van der Waals surface area contributed by atoms with Crippen LogP contribution in [0.5, 0.6) is 0 Å². The highest BCUT2D eigenvalue weighted by atomic mass is 19.3. The molecule has 0 saturated carbocycles. The molecule has 1 aromatic carbocycles. The second kappa shape index (κ2) is 4.08. The monoisotopic (exact) mass is 227 g/mol. The standard InChI is InChI=1S/C11H11F2NO2/c12-11(13)6-9(16-10(11)15)7-14-8-4-2-1-3-5-8/h1-5,9,14H,6-7H2. The van der Waals surface area contributed by atoms with Crippen molar-refractivity contribution in [3.8, 4) is 0 Å². The van der Waals surface area contributed by atoms with Crippen molar-refractivity contribution in [3.05, 3.63) is 30.3 Å². The van der Waals surface area contributed by atoms with E-state index in [1.165, 1.54) is 0 Å². The number of hydrogen-bond donors (Lipinski definition) is 1. The minimum atomic E-state index is -3.33. The lowest BCUT2D eigenvalue weighted by Gasteiger charge is -2.10. The molecular formula is C11H11F2NO2. The zero-order valence-electron chi connectivity index (χ0n) is 8.45. The number of para-hydroxylation sites is 1. The van der Waals surface area contributed by atoms with Gasteiger partial charge in [0.05, 0.1) is 13.0 Å². The van der Waals surface area contributed by atoms with Crippen LogP contribution in [0.3, 0.4) is 0 Å². The van der Waals surface area contributed by atoms with E-state index >= 15 is 0 Å². The minimum Gasteiger partial charge on any atom is -0.456 e. The van der Waals surface area contributed by atoms with E-state index in [1.807, 2.05) is 30.3 Å². The van der Waals surface area contributed by atoms with Gasteiger partial charge in [0.1, 0.15) is 6.10 Å². The summed E-state index contributed by atoms with van der Waals surface area (Å²) in [6.45, 7) is 0.200. The Kier molecular flexibility index (Phi) is 2.77. The molecule has 1 aliphatic heterocycles. The number of carbonyl (C=O) groups excluding carboxylic acids is 1. The van der Waals surface area contributed by atoms with E-state index in [-0.39, 0.29) is 6.54 Å². The summed E-state index contributed by atoms with van der Waals surface area (Å²) in [6, 6.07) is 9.15. The molecule has 0 aliphatic carbocycles. The summed E-state index contributed by atoms with van der Waals surface area (Å²) in [5.74, 6) is -4.75. The van der Waals surface area contributed by atoms with Crippen molar-refractivity contribution in [3.63, 3.8) is 0 Å². The van der Waals surface area contributed by atoms with Crippen LogP contribution in [0.25, 0.3) is 0 Å². The molecule has 1 atom stereocenters. The first-order valence-corrected chi connectivity index (χ1v) is 4.96. The molecule has 2 rings (SSSR count). The van der Waals surface area contributed by atoms with Gasteiger partial charge in [-0.25, -0.2) is 4.79 Å². The smallest absolute Gasteiger partial charge is 0.377 e. The van der Waals surface area contributed by atoms with Crippen molar-refractivity contribution >= 4 is 11.7 Å². The third-order valence-electron chi connectivity index (χ3n) is 2.36. The van der Waals surface area contributed by atoms with Crippen molar-refractivity contribution < 1.29 is 18.3 Å². The lowest BCUT2D eigenvalue weighted by Crippen LogP contribution is -2.22. The number of ether oxygens (including phenoxy) is 1. The zero-order chi connectivity index (χ0) is 11.6. The van der Waals surface area contributed by atoms with Gasteiger partial charge in [-0.2, -0.15) is 8.78 Å². The Hall–Kier alpha value is -1.65. The van der Waals surface area contributed by atoms with Crippen LogP contribution in [0.15, 0.2) is 30.3 Å². The number of nitrogens with one attached hydrogen (secondary N) is 1. The molecule has 0 amide bonds.